The van der Waals surface area contributed by atoms with Gasteiger partial charge in [-0.2, -0.15) is 0 Å². The van der Waals surface area contributed by atoms with Crippen LogP contribution in [-0.2, 0) is 0 Å². The molecule has 0 aliphatic carbocycles. The smallest absolute Gasteiger partial charge is 0.143 e. The maximum atomic E-state index is 6.75. The number of rotatable bonds is 2. The first kappa shape index (κ1) is 25.6. The molecule has 1 heterocycles. The third-order valence-corrected chi connectivity index (χ3v) is 11.1. The van der Waals surface area contributed by atoms with E-state index in [0.717, 1.165) is 27.3 Å². The van der Waals surface area contributed by atoms with Gasteiger partial charge in [0.05, 0.1) is 0 Å². The summed E-state index contributed by atoms with van der Waals surface area (Å²) in [5.74, 6) is 0. The minimum absolute atomic E-state index is 0.918. The Morgan fingerprint density at radius 1 is 0.286 bits per heavy atom. The Bertz CT molecular complexity index is 3290. The average Bonchev–Trinajstić information content (AvgIpc) is 3.54. The lowest BCUT2D eigenvalue weighted by Gasteiger charge is -2.14. The van der Waals surface area contributed by atoms with E-state index in [-0.39, 0.29) is 0 Å². The van der Waals surface area contributed by atoms with Crippen molar-refractivity contribution in [3.05, 3.63) is 158 Å². The molecule has 0 bridgehead atoms. The summed E-state index contributed by atoms with van der Waals surface area (Å²) in [4.78, 5) is 0. The molecule has 11 aromatic carbocycles. The van der Waals surface area contributed by atoms with E-state index in [4.69, 9.17) is 4.42 Å². The summed E-state index contributed by atoms with van der Waals surface area (Å²) in [5.41, 5.74) is 6.75. The normalized spacial score (nSPS) is 12.5. The fourth-order valence-corrected chi connectivity index (χ4v) is 8.87. The zero-order chi connectivity index (χ0) is 31.8. The Balaban J connectivity index is 1.02. The number of benzene rings is 11. The van der Waals surface area contributed by atoms with Gasteiger partial charge in [-0.25, -0.2) is 0 Å². The number of furan rings is 1. The van der Waals surface area contributed by atoms with Gasteiger partial charge >= 0.3 is 0 Å². The molecule has 224 valence electrons. The lowest BCUT2D eigenvalue weighted by molar-refractivity contribution is 0.673. The minimum atomic E-state index is 0.918. The highest BCUT2D eigenvalue weighted by Gasteiger charge is 2.17. The number of hydrogen-bond donors (Lipinski definition) is 0. The highest BCUT2D eigenvalue weighted by Crippen LogP contribution is 2.43. The molecule has 12 rings (SSSR count). The van der Waals surface area contributed by atoms with E-state index >= 15 is 0 Å². The van der Waals surface area contributed by atoms with Crippen molar-refractivity contribution in [1.29, 1.82) is 0 Å². The SMILES string of the molecule is c1cc2ccc3ccc(-c4ccc5c(ccc6c7ccc(-c8ccc9ccc%10cccc%11ccc8c9c%10%11)cc7oc56)c4)c4ccc(c1)c2c34. The Hall–Kier alpha value is -6.44. The summed E-state index contributed by atoms with van der Waals surface area (Å²) >= 11 is 0. The predicted molar refractivity (Wildman–Crippen MR) is 210 cm³/mol. The van der Waals surface area contributed by atoms with Gasteiger partial charge in [0.15, 0.2) is 0 Å². The second-order valence-electron chi connectivity index (χ2n) is 13.6. The molecular formula is C48H26O. The van der Waals surface area contributed by atoms with Crippen LogP contribution in [0.3, 0.4) is 0 Å². The van der Waals surface area contributed by atoms with Crippen molar-refractivity contribution in [2.45, 2.75) is 0 Å². The van der Waals surface area contributed by atoms with Crippen molar-refractivity contribution in [2.24, 2.45) is 0 Å². The minimum Gasteiger partial charge on any atom is -0.455 e. The molecule has 1 heteroatoms. The quantitative estimate of drug-likeness (QED) is 0.176. The predicted octanol–water partition coefficient (Wildman–Crippen LogP) is 13.9. The molecule has 12 aromatic rings. The molecule has 49 heavy (non-hydrogen) atoms. The molecule has 1 aromatic heterocycles. The number of hydrogen-bond acceptors (Lipinski definition) is 1. The van der Waals surface area contributed by atoms with Crippen LogP contribution in [0.25, 0.3) is 120 Å². The van der Waals surface area contributed by atoms with Gasteiger partial charge in [0.25, 0.3) is 0 Å². The van der Waals surface area contributed by atoms with E-state index in [1.54, 1.807) is 0 Å². The summed E-state index contributed by atoms with van der Waals surface area (Å²) in [6, 6.07) is 58.4. The third-order valence-electron chi connectivity index (χ3n) is 11.1. The van der Waals surface area contributed by atoms with Crippen LogP contribution < -0.4 is 0 Å². The molecule has 0 atom stereocenters. The maximum absolute atomic E-state index is 6.75. The van der Waals surface area contributed by atoms with Crippen molar-refractivity contribution < 1.29 is 4.42 Å². The molecule has 0 aliphatic heterocycles. The van der Waals surface area contributed by atoms with Gasteiger partial charge in [-0.05, 0) is 123 Å². The highest BCUT2D eigenvalue weighted by molar-refractivity contribution is 6.27. The van der Waals surface area contributed by atoms with Crippen molar-refractivity contribution in [2.75, 3.05) is 0 Å². The summed E-state index contributed by atoms with van der Waals surface area (Å²) in [6.07, 6.45) is 0. The fraction of sp³-hybridized carbons (Fsp3) is 0. The first-order valence-corrected chi connectivity index (χ1v) is 17.0. The first-order valence-electron chi connectivity index (χ1n) is 17.0. The summed E-state index contributed by atoms with van der Waals surface area (Å²) < 4.78 is 6.75. The van der Waals surface area contributed by atoms with E-state index in [9.17, 15) is 0 Å². The maximum Gasteiger partial charge on any atom is 0.143 e. The molecule has 0 saturated carbocycles. The van der Waals surface area contributed by atoms with E-state index in [2.05, 4.69) is 158 Å². The van der Waals surface area contributed by atoms with Gasteiger partial charge < -0.3 is 4.42 Å². The van der Waals surface area contributed by atoms with Crippen LogP contribution in [0.2, 0.25) is 0 Å². The fourth-order valence-electron chi connectivity index (χ4n) is 8.87. The largest absolute Gasteiger partial charge is 0.455 e. The van der Waals surface area contributed by atoms with Crippen molar-refractivity contribution in [3.8, 4) is 22.3 Å². The summed E-state index contributed by atoms with van der Waals surface area (Å²) in [6.45, 7) is 0. The molecule has 0 amide bonds. The molecule has 0 saturated heterocycles. The summed E-state index contributed by atoms with van der Waals surface area (Å²) in [5, 5.41) is 20.3. The average molecular weight is 619 g/mol. The van der Waals surface area contributed by atoms with Crippen molar-refractivity contribution in [3.63, 3.8) is 0 Å². The van der Waals surface area contributed by atoms with Gasteiger partial charge in [-0.3, -0.25) is 0 Å². The van der Waals surface area contributed by atoms with E-state index in [0.29, 0.717) is 0 Å². The van der Waals surface area contributed by atoms with Gasteiger partial charge in [-0.15, -0.1) is 0 Å². The van der Waals surface area contributed by atoms with Crippen LogP contribution in [-0.4, -0.2) is 0 Å². The molecule has 1 nitrogen and oxygen atoms in total. The van der Waals surface area contributed by atoms with Crippen LogP contribution in [0.1, 0.15) is 0 Å². The summed E-state index contributed by atoms with van der Waals surface area (Å²) in [7, 11) is 0. The Labute approximate surface area is 280 Å². The van der Waals surface area contributed by atoms with Gasteiger partial charge in [0.2, 0.25) is 0 Å². The zero-order valence-electron chi connectivity index (χ0n) is 26.4. The molecule has 0 unspecified atom stereocenters. The van der Waals surface area contributed by atoms with Gasteiger partial charge in [0.1, 0.15) is 11.2 Å². The Morgan fingerprint density at radius 3 is 1.31 bits per heavy atom. The second kappa shape index (κ2) is 9.13. The molecule has 0 radical (unpaired) electrons. The number of fused-ring (bicyclic) bond motifs is 5. The van der Waals surface area contributed by atoms with E-state index < -0.39 is 0 Å². The van der Waals surface area contributed by atoms with Crippen molar-refractivity contribution in [1.82, 2.24) is 0 Å². The van der Waals surface area contributed by atoms with Gasteiger partial charge in [0, 0.05) is 16.2 Å². The molecule has 0 aliphatic rings. The molecule has 0 N–H and O–H groups in total. The van der Waals surface area contributed by atoms with E-state index in [1.807, 2.05) is 0 Å². The lowest BCUT2D eigenvalue weighted by Crippen LogP contribution is -1.87. The Kier molecular flexibility index (Phi) is 4.77. The topological polar surface area (TPSA) is 13.1 Å². The first-order chi connectivity index (χ1) is 24.3. The second-order valence-corrected chi connectivity index (χ2v) is 13.6. The van der Waals surface area contributed by atoms with Crippen LogP contribution in [0.4, 0.5) is 0 Å². The third kappa shape index (κ3) is 3.39. The van der Waals surface area contributed by atoms with Crippen molar-refractivity contribution >= 4 is 97.3 Å². The molecule has 0 spiro atoms. The molecular weight excluding hydrogens is 593 g/mol. The van der Waals surface area contributed by atoms with Crippen LogP contribution in [0.5, 0.6) is 0 Å². The highest BCUT2D eigenvalue weighted by atomic mass is 16.3. The van der Waals surface area contributed by atoms with Crippen LogP contribution >= 0.6 is 0 Å². The van der Waals surface area contributed by atoms with Gasteiger partial charge in [-0.1, -0.05) is 127 Å². The monoisotopic (exact) mass is 618 g/mol. The van der Waals surface area contributed by atoms with E-state index in [1.165, 1.54) is 92.3 Å². The Morgan fingerprint density at radius 2 is 0.714 bits per heavy atom. The zero-order valence-corrected chi connectivity index (χ0v) is 26.4. The van der Waals surface area contributed by atoms with Crippen LogP contribution in [0, 0.1) is 0 Å². The lowest BCUT2D eigenvalue weighted by atomic mass is 9.89. The van der Waals surface area contributed by atoms with Crippen LogP contribution in [0.15, 0.2) is 162 Å². The standard InChI is InChI=1S/C48H26O/c1-3-27-7-9-31-11-18-36(40-22-13-29(5-1)44(27)46(31)40)33-15-20-38-34(25-33)17-24-42-39-21-16-35(26-43(39)49-48(38)42)37-19-12-32-10-8-28-4-2-6-30-14-23-41(37)47(32)45(28)30/h1-26H. The molecule has 0 fully saturated rings.